The molecule has 2 aliphatic heterocycles. The number of para-hydroxylation sites is 1. The Hall–Kier alpha value is -3.32. The molecule has 0 saturated carbocycles. The van der Waals surface area contributed by atoms with Crippen molar-refractivity contribution in [3.8, 4) is 22.3 Å². The van der Waals surface area contributed by atoms with Gasteiger partial charge in [0.15, 0.2) is 0 Å². The highest BCUT2D eigenvalue weighted by Crippen LogP contribution is 2.55. The van der Waals surface area contributed by atoms with Crippen LogP contribution in [0.5, 0.6) is 0 Å². The summed E-state index contributed by atoms with van der Waals surface area (Å²) < 4.78 is 0. The van der Waals surface area contributed by atoms with Crippen LogP contribution in [0.1, 0.15) is 77.6 Å². The Balaban J connectivity index is 0.000000523. The minimum atomic E-state index is 0.986. The highest BCUT2D eigenvalue weighted by atomic mass is 15.2. The maximum Gasteiger partial charge on any atom is 0.0576 e. The predicted molar refractivity (Wildman–Crippen MR) is 163 cm³/mol. The summed E-state index contributed by atoms with van der Waals surface area (Å²) in [5.41, 5.74) is 14.6. The first kappa shape index (κ1) is 28.9. The molecule has 0 aliphatic carbocycles. The lowest BCUT2D eigenvalue weighted by Crippen LogP contribution is -2.19. The second kappa shape index (κ2) is 13.7. The van der Waals surface area contributed by atoms with Gasteiger partial charge >= 0.3 is 0 Å². The molecule has 4 aromatic rings. The zero-order valence-electron chi connectivity index (χ0n) is 24.2. The summed E-state index contributed by atoms with van der Waals surface area (Å²) >= 11 is 0. The Morgan fingerprint density at radius 3 is 1.69 bits per heavy atom. The largest absolute Gasteiger partial charge is 0.309 e. The van der Waals surface area contributed by atoms with Crippen molar-refractivity contribution >= 4 is 17.1 Å². The molecule has 2 aliphatic rings. The van der Waals surface area contributed by atoms with Crippen molar-refractivity contribution in [2.45, 2.75) is 75.7 Å². The fourth-order valence-electron chi connectivity index (χ4n) is 4.93. The quantitative estimate of drug-likeness (QED) is 0.209. The van der Waals surface area contributed by atoms with Gasteiger partial charge in [-0.15, -0.1) is 0 Å². The third-order valence-electron chi connectivity index (χ3n) is 6.07. The highest BCUT2D eigenvalue weighted by molar-refractivity contribution is 6.04. The first-order valence-corrected chi connectivity index (χ1v) is 13.9. The summed E-state index contributed by atoms with van der Waals surface area (Å²) in [6.07, 6.45) is 0.986. The minimum absolute atomic E-state index is 0.986. The Morgan fingerprint density at radius 2 is 1.03 bits per heavy atom. The molecule has 0 aromatic heterocycles. The molecule has 36 heavy (non-hydrogen) atoms. The van der Waals surface area contributed by atoms with E-state index in [0.29, 0.717) is 0 Å². The normalized spacial score (nSPS) is 10.9. The average molecular weight is 480 g/mol. The molecule has 2 heterocycles. The number of rotatable bonds is 0. The van der Waals surface area contributed by atoms with Crippen LogP contribution in [0.3, 0.4) is 0 Å². The van der Waals surface area contributed by atoms with Crippen molar-refractivity contribution in [3.05, 3.63) is 101 Å². The standard InChI is InChI=1S/C27H21N.4C2H6/c1-17-11-12-26-23(14-17)21-8-4-5-9-22(21)24-15-18(2)13-20-16-19-7-3-6-10-25(19)28(26)27(20)24;4*1-2/h3-15H,16H2,1-2H3;4*1-2H3. The number of hydrogen-bond acceptors (Lipinski definition) is 1. The first-order valence-electron chi connectivity index (χ1n) is 13.9. The SMILES string of the molecule is CC.CC.CC.CC.Cc1ccc2c(c1)-c1ccccc1-c1cc(C)cc3c1N2c1ccccc1C3. The topological polar surface area (TPSA) is 3.24 Å². The van der Waals surface area contributed by atoms with Crippen LogP contribution in [0.25, 0.3) is 22.3 Å². The van der Waals surface area contributed by atoms with Gasteiger partial charge in [0.05, 0.1) is 11.4 Å². The third-order valence-corrected chi connectivity index (χ3v) is 6.07. The van der Waals surface area contributed by atoms with E-state index in [0.717, 1.165) is 6.42 Å². The zero-order valence-corrected chi connectivity index (χ0v) is 24.2. The molecule has 1 nitrogen and oxygen atoms in total. The molecule has 190 valence electrons. The van der Waals surface area contributed by atoms with E-state index in [1.54, 1.807) is 0 Å². The van der Waals surface area contributed by atoms with Crippen molar-refractivity contribution in [2.75, 3.05) is 4.90 Å². The lowest BCUT2D eigenvalue weighted by Gasteiger charge is -2.35. The van der Waals surface area contributed by atoms with Crippen molar-refractivity contribution < 1.29 is 0 Å². The monoisotopic (exact) mass is 479 g/mol. The summed E-state index contributed by atoms with van der Waals surface area (Å²) in [7, 11) is 0. The van der Waals surface area contributed by atoms with E-state index in [-0.39, 0.29) is 0 Å². The van der Waals surface area contributed by atoms with E-state index in [2.05, 4.69) is 97.6 Å². The number of nitrogens with zero attached hydrogens (tertiary/aromatic N) is 1. The maximum absolute atomic E-state index is 2.50. The van der Waals surface area contributed by atoms with Gasteiger partial charge in [0.2, 0.25) is 0 Å². The van der Waals surface area contributed by atoms with Gasteiger partial charge in [0.25, 0.3) is 0 Å². The summed E-state index contributed by atoms with van der Waals surface area (Å²) in [4.78, 5) is 2.50. The first-order chi connectivity index (χ1) is 17.7. The summed E-state index contributed by atoms with van der Waals surface area (Å²) in [6, 6.07) is 29.3. The lowest BCUT2D eigenvalue weighted by atomic mass is 9.89. The van der Waals surface area contributed by atoms with Crippen LogP contribution in [0, 0.1) is 13.8 Å². The Labute approximate surface area is 220 Å². The van der Waals surface area contributed by atoms with E-state index in [1.807, 2.05) is 55.4 Å². The number of hydrogen-bond donors (Lipinski definition) is 0. The van der Waals surface area contributed by atoms with Crippen LogP contribution in [0.15, 0.2) is 78.9 Å². The Bertz CT molecular complexity index is 1270. The van der Waals surface area contributed by atoms with E-state index in [9.17, 15) is 0 Å². The smallest absolute Gasteiger partial charge is 0.0576 e. The van der Waals surface area contributed by atoms with E-state index < -0.39 is 0 Å². The molecule has 0 fully saturated rings. The van der Waals surface area contributed by atoms with Crippen LogP contribution in [0.2, 0.25) is 0 Å². The number of benzene rings is 4. The molecular formula is C35H45N. The molecule has 0 spiro atoms. The molecule has 0 radical (unpaired) electrons. The summed E-state index contributed by atoms with van der Waals surface area (Å²) in [6.45, 7) is 20.4. The van der Waals surface area contributed by atoms with Gasteiger partial charge in [-0.05, 0) is 60.4 Å². The number of anilines is 3. The summed E-state index contributed by atoms with van der Waals surface area (Å²) in [5.74, 6) is 0. The van der Waals surface area contributed by atoms with Gasteiger partial charge in [0, 0.05) is 23.2 Å². The lowest BCUT2D eigenvalue weighted by molar-refractivity contribution is 1.09. The van der Waals surface area contributed by atoms with Gasteiger partial charge in [0.1, 0.15) is 0 Å². The van der Waals surface area contributed by atoms with Crippen molar-refractivity contribution in [2.24, 2.45) is 0 Å². The van der Waals surface area contributed by atoms with Crippen LogP contribution in [-0.4, -0.2) is 0 Å². The van der Waals surface area contributed by atoms with Crippen LogP contribution in [-0.2, 0) is 6.42 Å². The van der Waals surface area contributed by atoms with Crippen molar-refractivity contribution in [3.63, 3.8) is 0 Å². The van der Waals surface area contributed by atoms with Gasteiger partial charge in [-0.3, -0.25) is 0 Å². The maximum atomic E-state index is 2.50. The van der Waals surface area contributed by atoms with Crippen LogP contribution >= 0.6 is 0 Å². The fraction of sp³-hybridized carbons (Fsp3) is 0.314. The number of aryl methyl sites for hydroxylation is 2. The van der Waals surface area contributed by atoms with Crippen molar-refractivity contribution in [1.29, 1.82) is 0 Å². The minimum Gasteiger partial charge on any atom is -0.309 e. The molecule has 0 N–H and O–H groups in total. The highest BCUT2D eigenvalue weighted by Gasteiger charge is 2.32. The van der Waals surface area contributed by atoms with Gasteiger partial charge in [-0.1, -0.05) is 121 Å². The van der Waals surface area contributed by atoms with Gasteiger partial charge < -0.3 is 4.90 Å². The van der Waals surface area contributed by atoms with Crippen LogP contribution in [0.4, 0.5) is 17.1 Å². The van der Waals surface area contributed by atoms with Gasteiger partial charge in [-0.25, -0.2) is 0 Å². The molecule has 0 unspecified atom stereocenters. The van der Waals surface area contributed by atoms with Gasteiger partial charge in [-0.2, -0.15) is 0 Å². The molecule has 6 rings (SSSR count). The predicted octanol–water partition coefficient (Wildman–Crippen LogP) is 11.4. The van der Waals surface area contributed by atoms with Crippen molar-refractivity contribution in [1.82, 2.24) is 0 Å². The Morgan fingerprint density at radius 1 is 0.472 bits per heavy atom. The molecule has 0 atom stereocenters. The third kappa shape index (κ3) is 5.26. The summed E-state index contributed by atoms with van der Waals surface area (Å²) in [5, 5.41) is 0. The van der Waals surface area contributed by atoms with E-state index in [1.165, 1.54) is 61.6 Å². The molecule has 0 bridgehead atoms. The molecule has 4 aromatic carbocycles. The second-order valence-corrected chi connectivity index (χ2v) is 8.03. The molecule has 0 amide bonds. The second-order valence-electron chi connectivity index (χ2n) is 8.03. The molecule has 1 heteroatoms. The Kier molecular flexibility index (Phi) is 11.0. The zero-order chi connectivity index (χ0) is 26.8. The molecular weight excluding hydrogens is 434 g/mol. The van der Waals surface area contributed by atoms with E-state index >= 15 is 0 Å². The van der Waals surface area contributed by atoms with Crippen LogP contribution < -0.4 is 4.90 Å². The molecule has 0 saturated heterocycles. The fourth-order valence-corrected chi connectivity index (χ4v) is 4.93. The van der Waals surface area contributed by atoms with E-state index in [4.69, 9.17) is 0 Å². The average Bonchev–Trinajstić information content (AvgIpc) is 3.07. The number of fused-ring (bicyclic) bond motifs is 7.